The van der Waals surface area contributed by atoms with Crippen LogP contribution in [0.1, 0.15) is 38.7 Å². The van der Waals surface area contributed by atoms with Gasteiger partial charge in [-0.25, -0.2) is 0 Å². The second-order valence-electron chi connectivity index (χ2n) is 7.17. The summed E-state index contributed by atoms with van der Waals surface area (Å²) in [5.74, 6) is -1.40. The van der Waals surface area contributed by atoms with Crippen LogP contribution in [0.3, 0.4) is 0 Å². The molecule has 0 bridgehead atoms. The van der Waals surface area contributed by atoms with Crippen LogP contribution in [-0.2, 0) is 20.8 Å². The van der Waals surface area contributed by atoms with E-state index in [1.54, 1.807) is 6.92 Å². The van der Waals surface area contributed by atoms with Crippen molar-refractivity contribution < 1.29 is 19.5 Å². The monoisotopic (exact) mass is 381 g/mol. The topological polar surface area (TPSA) is 83.5 Å². The van der Waals surface area contributed by atoms with Gasteiger partial charge in [0.05, 0.1) is 6.42 Å². The first kappa shape index (κ1) is 21.4. The smallest absolute Gasteiger partial charge is 0.303 e. The molecule has 2 aromatic carbocycles. The summed E-state index contributed by atoms with van der Waals surface area (Å²) in [5, 5.41) is 11.6. The highest BCUT2D eigenvalue weighted by Gasteiger charge is 2.19. The Morgan fingerprint density at radius 1 is 0.929 bits per heavy atom. The quantitative estimate of drug-likeness (QED) is 0.655. The number of benzene rings is 2. The minimum atomic E-state index is -1.000. The summed E-state index contributed by atoms with van der Waals surface area (Å²) in [4.78, 5) is 34.4. The van der Waals surface area contributed by atoms with Crippen LogP contribution in [0.2, 0.25) is 0 Å². The van der Waals surface area contributed by atoms with Crippen LogP contribution < -0.4 is 5.32 Å². The molecule has 28 heavy (non-hydrogen) atoms. The summed E-state index contributed by atoms with van der Waals surface area (Å²) in [6.45, 7) is 3.39. The lowest BCUT2D eigenvalue weighted by Crippen LogP contribution is -2.38. The normalized spacial score (nSPS) is 12.8. The van der Waals surface area contributed by atoms with E-state index in [2.05, 4.69) is 17.4 Å². The lowest BCUT2D eigenvalue weighted by Gasteiger charge is -2.21. The third-order valence-corrected chi connectivity index (χ3v) is 4.81. The molecular formula is C23H27NO4. The van der Waals surface area contributed by atoms with E-state index in [0.717, 1.165) is 16.7 Å². The van der Waals surface area contributed by atoms with E-state index in [4.69, 9.17) is 5.11 Å². The molecule has 0 aliphatic heterocycles. The number of aliphatic carboxylic acids is 1. The first-order valence-electron chi connectivity index (χ1n) is 9.51. The predicted molar refractivity (Wildman–Crippen MR) is 109 cm³/mol. The molecule has 0 saturated carbocycles. The number of amides is 1. The van der Waals surface area contributed by atoms with Gasteiger partial charge in [0.25, 0.3) is 0 Å². The molecule has 2 atom stereocenters. The van der Waals surface area contributed by atoms with Gasteiger partial charge in [-0.1, -0.05) is 61.5 Å². The second kappa shape index (κ2) is 10.4. The van der Waals surface area contributed by atoms with Crippen LogP contribution in [0.5, 0.6) is 0 Å². The summed E-state index contributed by atoms with van der Waals surface area (Å²) in [5.41, 5.74) is 3.31. The van der Waals surface area contributed by atoms with Crippen LogP contribution in [0.25, 0.3) is 11.1 Å². The van der Waals surface area contributed by atoms with Crippen LogP contribution in [0.4, 0.5) is 0 Å². The van der Waals surface area contributed by atoms with Crippen molar-refractivity contribution in [2.45, 2.75) is 45.6 Å². The Balaban J connectivity index is 2.06. The molecular weight excluding hydrogens is 354 g/mol. The molecule has 148 valence electrons. The fourth-order valence-corrected chi connectivity index (χ4v) is 3.05. The van der Waals surface area contributed by atoms with Crippen molar-refractivity contribution in [3.05, 3.63) is 60.2 Å². The highest BCUT2D eigenvalue weighted by molar-refractivity contribution is 5.81. The van der Waals surface area contributed by atoms with Gasteiger partial charge in [-0.3, -0.25) is 14.4 Å². The van der Waals surface area contributed by atoms with E-state index in [1.807, 2.05) is 49.4 Å². The standard InChI is InChI=1S/C23H27NO4/c1-16(17(2)25)14-21(24-22(26)12-13-23(27)28)15-18-8-10-20(11-9-18)19-6-4-3-5-7-19/h3-11,16,21H,12-15H2,1-2H3,(H,24,26)(H,27,28)/t16-,21+/m1/s1. The molecule has 0 unspecified atom stereocenters. The fraction of sp³-hybridized carbons (Fsp3) is 0.348. The molecule has 5 heteroatoms. The van der Waals surface area contributed by atoms with Gasteiger partial charge in [-0.05, 0) is 36.5 Å². The zero-order valence-corrected chi connectivity index (χ0v) is 16.4. The number of hydrogen-bond acceptors (Lipinski definition) is 3. The van der Waals surface area contributed by atoms with E-state index in [0.29, 0.717) is 12.8 Å². The minimum absolute atomic E-state index is 0.0623. The van der Waals surface area contributed by atoms with E-state index < -0.39 is 5.97 Å². The van der Waals surface area contributed by atoms with Crippen molar-refractivity contribution in [3.8, 4) is 11.1 Å². The summed E-state index contributed by atoms with van der Waals surface area (Å²) in [6, 6.07) is 18.0. The van der Waals surface area contributed by atoms with Gasteiger partial charge in [-0.2, -0.15) is 0 Å². The summed E-state index contributed by atoms with van der Waals surface area (Å²) < 4.78 is 0. The van der Waals surface area contributed by atoms with Crippen LogP contribution >= 0.6 is 0 Å². The summed E-state index contributed by atoms with van der Waals surface area (Å²) >= 11 is 0. The lowest BCUT2D eigenvalue weighted by atomic mass is 9.93. The van der Waals surface area contributed by atoms with E-state index in [1.165, 1.54) is 0 Å². The molecule has 1 amide bonds. The van der Waals surface area contributed by atoms with Crippen molar-refractivity contribution in [3.63, 3.8) is 0 Å². The molecule has 0 aliphatic rings. The van der Waals surface area contributed by atoms with Gasteiger partial charge in [0.1, 0.15) is 5.78 Å². The second-order valence-corrected chi connectivity index (χ2v) is 7.17. The number of ketones is 1. The van der Waals surface area contributed by atoms with Gasteiger partial charge in [0.2, 0.25) is 5.91 Å². The Hall–Kier alpha value is -2.95. The van der Waals surface area contributed by atoms with Gasteiger partial charge < -0.3 is 10.4 Å². The Morgan fingerprint density at radius 3 is 2.11 bits per heavy atom. The number of nitrogens with one attached hydrogen (secondary N) is 1. The highest BCUT2D eigenvalue weighted by Crippen LogP contribution is 2.20. The third-order valence-electron chi connectivity index (χ3n) is 4.81. The Morgan fingerprint density at radius 2 is 1.54 bits per heavy atom. The molecule has 2 rings (SSSR count). The zero-order chi connectivity index (χ0) is 20.5. The number of carbonyl (C=O) groups is 3. The van der Waals surface area contributed by atoms with Gasteiger partial charge >= 0.3 is 5.97 Å². The predicted octanol–water partition coefficient (Wildman–Crippen LogP) is 3.86. The molecule has 2 aromatic rings. The number of carboxylic acid groups (broad SMARTS) is 1. The summed E-state index contributed by atoms with van der Waals surface area (Å²) in [7, 11) is 0. The third kappa shape index (κ3) is 6.99. The lowest BCUT2D eigenvalue weighted by molar-refractivity contribution is -0.138. The SMILES string of the molecule is CC(=O)[C@H](C)C[C@@H](Cc1ccc(-c2ccccc2)cc1)NC(=O)CCC(=O)O. The van der Waals surface area contributed by atoms with Gasteiger partial charge in [-0.15, -0.1) is 0 Å². The fourth-order valence-electron chi connectivity index (χ4n) is 3.05. The van der Waals surface area contributed by atoms with Crippen molar-refractivity contribution >= 4 is 17.7 Å². The van der Waals surface area contributed by atoms with Gasteiger partial charge in [0, 0.05) is 18.4 Å². The molecule has 5 nitrogen and oxygen atoms in total. The summed E-state index contributed by atoms with van der Waals surface area (Å²) in [6.07, 6.45) is 0.847. The molecule has 0 fully saturated rings. The maximum Gasteiger partial charge on any atom is 0.303 e. The van der Waals surface area contributed by atoms with Crippen LogP contribution in [-0.4, -0.2) is 28.8 Å². The Bertz CT molecular complexity index is 799. The Labute approximate surface area is 165 Å². The molecule has 0 aromatic heterocycles. The highest BCUT2D eigenvalue weighted by atomic mass is 16.4. The molecule has 0 radical (unpaired) electrons. The number of Topliss-reactive ketones (excluding diaryl/α,β-unsaturated/α-hetero) is 1. The van der Waals surface area contributed by atoms with Crippen LogP contribution in [0, 0.1) is 5.92 Å². The van der Waals surface area contributed by atoms with Crippen molar-refractivity contribution in [1.82, 2.24) is 5.32 Å². The largest absolute Gasteiger partial charge is 0.481 e. The maximum atomic E-state index is 12.1. The molecule has 0 aliphatic carbocycles. The molecule has 0 saturated heterocycles. The molecule has 0 spiro atoms. The van der Waals surface area contributed by atoms with E-state index >= 15 is 0 Å². The van der Waals surface area contributed by atoms with E-state index in [9.17, 15) is 14.4 Å². The zero-order valence-electron chi connectivity index (χ0n) is 16.4. The molecule has 2 N–H and O–H groups in total. The molecule has 0 heterocycles. The number of carbonyl (C=O) groups excluding carboxylic acids is 2. The van der Waals surface area contributed by atoms with Crippen LogP contribution in [0.15, 0.2) is 54.6 Å². The van der Waals surface area contributed by atoms with Crippen molar-refractivity contribution in [2.75, 3.05) is 0 Å². The number of rotatable bonds is 10. The van der Waals surface area contributed by atoms with Gasteiger partial charge in [0.15, 0.2) is 0 Å². The Kier molecular flexibility index (Phi) is 7.93. The van der Waals surface area contributed by atoms with E-state index in [-0.39, 0.29) is 36.5 Å². The average molecular weight is 381 g/mol. The number of hydrogen-bond donors (Lipinski definition) is 2. The first-order chi connectivity index (χ1) is 13.3. The number of carboxylic acids is 1. The first-order valence-corrected chi connectivity index (χ1v) is 9.51. The average Bonchev–Trinajstić information content (AvgIpc) is 2.67. The minimum Gasteiger partial charge on any atom is -0.481 e. The van der Waals surface area contributed by atoms with Crippen molar-refractivity contribution in [2.24, 2.45) is 5.92 Å². The maximum absolute atomic E-state index is 12.1. The van der Waals surface area contributed by atoms with Crippen molar-refractivity contribution in [1.29, 1.82) is 0 Å².